The Hall–Kier alpha value is -2.75. The van der Waals surface area contributed by atoms with Crippen LogP contribution in [-0.2, 0) is 16.1 Å². The fraction of sp³-hybridized carbons (Fsp3) is 0.111. The van der Waals surface area contributed by atoms with E-state index in [1.165, 1.54) is 33.1 Å². The van der Waals surface area contributed by atoms with Crippen molar-refractivity contribution in [2.45, 2.75) is 6.61 Å². The topological polar surface area (TPSA) is 89.8 Å². The molecule has 1 N–H and O–H groups in total. The van der Waals surface area contributed by atoms with Crippen LogP contribution in [0.1, 0.15) is 15.4 Å². The maximum atomic E-state index is 12.3. The fourth-order valence-electron chi connectivity index (χ4n) is 2.56. The minimum Gasteiger partial charge on any atom is -0.458 e. The molecule has 0 saturated heterocycles. The molecule has 0 aliphatic rings. The standard InChI is InChI=1S/C18H12ClN3O4S2/c19-15-11-3-1-2-4-12(11)28-16(15)17(25)20-8-14(24)26-9-10-7-13(23)22-5-6-27-18(22)21-10/h1-7H,8-9H2,(H,20,25). The molecule has 1 aromatic carbocycles. The zero-order chi connectivity index (χ0) is 19.7. The highest BCUT2D eigenvalue weighted by Gasteiger charge is 2.18. The number of esters is 1. The molecular formula is C18H12ClN3O4S2. The van der Waals surface area contributed by atoms with Gasteiger partial charge in [-0.1, -0.05) is 29.8 Å². The van der Waals surface area contributed by atoms with Gasteiger partial charge in [-0.25, -0.2) is 4.98 Å². The zero-order valence-electron chi connectivity index (χ0n) is 14.2. The molecule has 0 aliphatic carbocycles. The minimum atomic E-state index is -0.640. The fourth-order valence-corrected chi connectivity index (χ4v) is 4.73. The number of nitrogens with one attached hydrogen (secondary N) is 1. The van der Waals surface area contributed by atoms with E-state index in [0.29, 0.717) is 20.6 Å². The summed E-state index contributed by atoms with van der Waals surface area (Å²) in [6.45, 7) is -0.467. The summed E-state index contributed by atoms with van der Waals surface area (Å²) in [7, 11) is 0. The number of ether oxygens (including phenoxy) is 1. The highest BCUT2D eigenvalue weighted by molar-refractivity contribution is 7.21. The Kier molecular flexibility index (Phi) is 5.12. The van der Waals surface area contributed by atoms with Gasteiger partial charge >= 0.3 is 5.97 Å². The molecule has 1 amide bonds. The number of hydrogen-bond acceptors (Lipinski definition) is 7. The van der Waals surface area contributed by atoms with Crippen molar-refractivity contribution in [2.24, 2.45) is 0 Å². The van der Waals surface area contributed by atoms with Gasteiger partial charge in [0.15, 0.2) is 4.96 Å². The molecule has 0 bridgehead atoms. The van der Waals surface area contributed by atoms with Gasteiger partial charge < -0.3 is 10.1 Å². The van der Waals surface area contributed by atoms with Crippen LogP contribution in [0, 0.1) is 0 Å². The monoisotopic (exact) mass is 433 g/mol. The normalized spacial score (nSPS) is 11.0. The molecule has 0 radical (unpaired) electrons. The number of fused-ring (bicyclic) bond motifs is 2. The maximum Gasteiger partial charge on any atom is 0.325 e. The molecular weight excluding hydrogens is 422 g/mol. The van der Waals surface area contributed by atoms with E-state index < -0.39 is 11.9 Å². The molecule has 10 heteroatoms. The van der Waals surface area contributed by atoms with Crippen LogP contribution >= 0.6 is 34.3 Å². The summed E-state index contributed by atoms with van der Waals surface area (Å²) in [5.74, 6) is -1.08. The molecule has 0 aliphatic heterocycles. The number of amides is 1. The Morgan fingerprint density at radius 3 is 2.93 bits per heavy atom. The molecule has 3 heterocycles. The third kappa shape index (κ3) is 3.64. The van der Waals surface area contributed by atoms with E-state index in [9.17, 15) is 14.4 Å². The van der Waals surface area contributed by atoms with Crippen LogP contribution in [0.15, 0.2) is 46.7 Å². The van der Waals surface area contributed by atoms with Crippen LogP contribution < -0.4 is 10.9 Å². The quantitative estimate of drug-likeness (QED) is 0.488. The second kappa shape index (κ2) is 7.70. The van der Waals surface area contributed by atoms with Gasteiger partial charge in [0.25, 0.3) is 11.5 Å². The van der Waals surface area contributed by atoms with Crippen LogP contribution in [0.25, 0.3) is 15.0 Å². The van der Waals surface area contributed by atoms with Crippen molar-refractivity contribution in [3.63, 3.8) is 0 Å². The Labute approximate surface area is 171 Å². The summed E-state index contributed by atoms with van der Waals surface area (Å²) in [5, 5.41) is 5.40. The lowest BCUT2D eigenvalue weighted by molar-refractivity contribution is -0.143. The Balaban J connectivity index is 1.36. The number of carbonyl (C=O) groups excluding carboxylic acids is 2. The van der Waals surface area contributed by atoms with Crippen molar-refractivity contribution >= 4 is 61.2 Å². The second-order valence-corrected chi connectivity index (χ2v) is 8.03. The predicted octanol–water partition coefficient (Wildman–Crippen LogP) is 3.10. The van der Waals surface area contributed by atoms with Gasteiger partial charge in [0.1, 0.15) is 18.0 Å². The maximum absolute atomic E-state index is 12.3. The van der Waals surface area contributed by atoms with Gasteiger partial charge in [0.2, 0.25) is 0 Å². The first-order valence-corrected chi connectivity index (χ1v) is 10.2. The first kappa shape index (κ1) is 18.6. The van der Waals surface area contributed by atoms with Crippen molar-refractivity contribution < 1.29 is 14.3 Å². The van der Waals surface area contributed by atoms with Crippen molar-refractivity contribution in [2.75, 3.05) is 6.54 Å². The van der Waals surface area contributed by atoms with E-state index in [2.05, 4.69) is 10.3 Å². The van der Waals surface area contributed by atoms with E-state index in [1.54, 1.807) is 11.6 Å². The molecule has 0 unspecified atom stereocenters. The first-order valence-electron chi connectivity index (χ1n) is 8.09. The molecule has 28 heavy (non-hydrogen) atoms. The molecule has 142 valence electrons. The summed E-state index contributed by atoms with van der Waals surface area (Å²) < 4.78 is 7.39. The van der Waals surface area contributed by atoms with E-state index >= 15 is 0 Å². The lowest BCUT2D eigenvalue weighted by Crippen LogP contribution is -2.30. The number of thiazole rings is 1. The number of hydrogen-bond donors (Lipinski definition) is 1. The van der Waals surface area contributed by atoms with E-state index in [4.69, 9.17) is 16.3 Å². The molecule has 7 nitrogen and oxygen atoms in total. The summed E-state index contributed by atoms with van der Waals surface area (Å²) >= 11 is 8.82. The third-order valence-electron chi connectivity index (χ3n) is 3.87. The third-order valence-corrected chi connectivity index (χ3v) is 6.30. The lowest BCUT2D eigenvalue weighted by atomic mass is 10.2. The number of halogens is 1. The molecule has 4 rings (SSSR count). The summed E-state index contributed by atoms with van der Waals surface area (Å²) in [6.07, 6.45) is 1.62. The van der Waals surface area contributed by atoms with Gasteiger partial charge in [-0.2, -0.15) is 0 Å². The van der Waals surface area contributed by atoms with Gasteiger partial charge in [0.05, 0.1) is 10.7 Å². The van der Waals surface area contributed by atoms with Crippen molar-refractivity contribution in [1.29, 1.82) is 0 Å². The molecule has 0 spiro atoms. The van der Waals surface area contributed by atoms with Crippen molar-refractivity contribution in [1.82, 2.24) is 14.7 Å². The van der Waals surface area contributed by atoms with Crippen LogP contribution in [0.5, 0.6) is 0 Å². The van der Waals surface area contributed by atoms with Crippen LogP contribution in [0.4, 0.5) is 0 Å². The number of benzene rings is 1. The van der Waals surface area contributed by atoms with Crippen molar-refractivity contribution in [3.05, 3.63) is 67.9 Å². The number of thiophene rings is 1. The summed E-state index contributed by atoms with van der Waals surface area (Å²) in [5.41, 5.74) is 0.102. The van der Waals surface area contributed by atoms with E-state index in [-0.39, 0.29) is 18.7 Å². The average molecular weight is 434 g/mol. The summed E-state index contributed by atoms with van der Waals surface area (Å²) in [4.78, 5) is 41.3. The number of aromatic nitrogens is 2. The molecule has 0 saturated carbocycles. The average Bonchev–Trinajstić information content (AvgIpc) is 3.30. The second-order valence-electron chi connectivity index (χ2n) is 5.73. The zero-order valence-corrected chi connectivity index (χ0v) is 16.6. The first-order chi connectivity index (χ1) is 13.5. The van der Waals surface area contributed by atoms with Gasteiger partial charge in [-0.05, 0) is 6.07 Å². The van der Waals surface area contributed by atoms with E-state index in [1.807, 2.05) is 24.3 Å². The molecule has 4 aromatic rings. The van der Waals surface area contributed by atoms with Gasteiger partial charge in [-0.15, -0.1) is 22.7 Å². The Morgan fingerprint density at radius 2 is 2.11 bits per heavy atom. The molecule has 0 fully saturated rings. The Morgan fingerprint density at radius 1 is 1.29 bits per heavy atom. The smallest absolute Gasteiger partial charge is 0.325 e. The summed E-state index contributed by atoms with van der Waals surface area (Å²) in [6, 6.07) is 8.72. The molecule has 0 atom stereocenters. The largest absolute Gasteiger partial charge is 0.458 e. The highest BCUT2D eigenvalue weighted by Crippen LogP contribution is 2.34. The Bertz CT molecular complexity index is 1260. The van der Waals surface area contributed by atoms with Crippen molar-refractivity contribution in [3.8, 4) is 0 Å². The lowest BCUT2D eigenvalue weighted by Gasteiger charge is -2.06. The minimum absolute atomic E-state index is 0.151. The highest BCUT2D eigenvalue weighted by atomic mass is 35.5. The van der Waals surface area contributed by atoms with Gasteiger partial charge in [-0.3, -0.25) is 18.8 Å². The number of rotatable bonds is 5. The van der Waals surface area contributed by atoms with E-state index in [0.717, 1.165) is 10.1 Å². The number of nitrogens with zero attached hydrogens (tertiary/aromatic N) is 2. The predicted molar refractivity (Wildman–Crippen MR) is 108 cm³/mol. The van der Waals surface area contributed by atoms with Crippen LogP contribution in [0.3, 0.4) is 0 Å². The SMILES string of the molecule is O=C(CNC(=O)c1sc2ccccc2c1Cl)OCc1cc(=O)n2ccsc2n1. The van der Waals surface area contributed by atoms with Crippen LogP contribution in [0.2, 0.25) is 5.02 Å². The van der Waals surface area contributed by atoms with Gasteiger partial charge in [0, 0.05) is 27.7 Å². The molecule has 3 aromatic heterocycles. The van der Waals surface area contributed by atoms with Crippen LogP contribution in [-0.4, -0.2) is 27.8 Å². The number of carbonyl (C=O) groups is 2.